The Morgan fingerprint density at radius 1 is 1.00 bits per heavy atom. The first-order chi connectivity index (χ1) is 7.12. The van der Waals surface area contributed by atoms with Crippen LogP contribution in [0.15, 0.2) is 0 Å². The van der Waals surface area contributed by atoms with Gasteiger partial charge >= 0.3 is 0 Å². The average Bonchev–Trinajstić information content (AvgIpc) is 2.16. The molecule has 0 atom stereocenters. The quantitative estimate of drug-likeness (QED) is 0.626. The number of hydrogen-bond acceptors (Lipinski definition) is 4. The predicted molar refractivity (Wildman–Crippen MR) is 56.1 cm³/mol. The van der Waals surface area contributed by atoms with Gasteiger partial charge in [-0.15, -0.1) is 0 Å². The Balaban J connectivity index is 3.40. The van der Waals surface area contributed by atoms with Gasteiger partial charge in [0.1, 0.15) is 0 Å². The van der Waals surface area contributed by atoms with Crippen LogP contribution in [0, 0.1) is 22.7 Å². The lowest BCUT2D eigenvalue weighted by Gasteiger charge is -2.02. The fraction of sp³-hybridized carbons (Fsp3) is 0.778. The number of unbranched alkanes of at least 4 members (excludes halogenated alkanes) is 4. The molecule has 0 heterocycles. The summed E-state index contributed by atoms with van der Waals surface area (Å²) in [7, 11) is -3.39. The zero-order valence-corrected chi connectivity index (χ0v) is 9.39. The van der Waals surface area contributed by atoms with E-state index in [0.717, 1.165) is 25.7 Å². The van der Waals surface area contributed by atoms with Gasteiger partial charge in [-0.25, -0.2) is 13.1 Å². The molecule has 0 amide bonds. The summed E-state index contributed by atoms with van der Waals surface area (Å²) in [6.45, 7) is 0.372. The SMILES string of the molecule is N#CCCCCCCNS(=O)(=O)CC#N. The van der Waals surface area contributed by atoms with Crippen LogP contribution in [0.5, 0.6) is 0 Å². The van der Waals surface area contributed by atoms with E-state index < -0.39 is 15.8 Å². The van der Waals surface area contributed by atoms with Crippen molar-refractivity contribution in [2.24, 2.45) is 0 Å². The lowest BCUT2D eigenvalue weighted by molar-refractivity contribution is 0.575. The molecular formula is C9H15N3O2S. The highest BCUT2D eigenvalue weighted by atomic mass is 32.2. The van der Waals surface area contributed by atoms with Gasteiger partial charge in [0.05, 0.1) is 12.1 Å². The molecule has 0 aromatic carbocycles. The summed E-state index contributed by atoms with van der Waals surface area (Å²) >= 11 is 0. The molecule has 5 nitrogen and oxygen atoms in total. The van der Waals surface area contributed by atoms with Crippen molar-refractivity contribution in [2.45, 2.75) is 32.1 Å². The molecule has 0 bridgehead atoms. The van der Waals surface area contributed by atoms with Crippen LogP contribution in [0.3, 0.4) is 0 Å². The Hall–Kier alpha value is -1.11. The third-order valence-corrected chi connectivity index (χ3v) is 2.94. The van der Waals surface area contributed by atoms with Crippen LogP contribution in [0.25, 0.3) is 0 Å². The first-order valence-corrected chi connectivity index (χ1v) is 6.49. The standard InChI is InChI=1S/C9H15N3O2S/c10-6-4-2-1-3-5-8-12-15(13,14)9-7-11/h12H,1-5,8-9H2. The van der Waals surface area contributed by atoms with Crippen LogP contribution in [-0.4, -0.2) is 20.7 Å². The minimum absolute atomic E-state index is 0.372. The molecule has 0 aromatic rings. The molecule has 0 saturated heterocycles. The van der Waals surface area contributed by atoms with Gasteiger partial charge < -0.3 is 0 Å². The van der Waals surface area contributed by atoms with Gasteiger partial charge in [-0.05, 0) is 12.8 Å². The molecule has 0 spiro atoms. The van der Waals surface area contributed by atoms with Crippen molar-refractivity contribution in [2.75, 3.05) is 12.3 Å². The van der Waals surface area contributed by atoms with E-state index in [9.17, 15) is 8.42 Å². The molecule has 0 aliphatic rings. The van der Waals surface area contributed by atoms with E-state index in [1.54, 1.807) is 6.07 Å². The molecule has 0 aliphatic heterocycles. The van der Waals surface area contributed by atoms with E-state index >= 15 is 0 Å². The number of hydrogen-bond donors (Lipinski definition) is 1. The van der Waals surface area contributed by atoms with Crippen molar-refractivity contribution in [3.8, 4) is 12.1 Å². The Morgan fingerprint density at radius 2 is 1.67 bits per heavy atom. The minimum atomic E-state index is -3.39. The summed E-state index contributed by atoms with van der Waals surface area (Å²) in [5.74, 6) is -0.485. The second kappa shape index (κ2) is 8.22. The van der Waals surface area contributed by atoms with Gasteiger partial charge in [-0.2, -0.15) is 10.5 Å². The Kier molecular flexibility index (Phi) is 7.61. The predicted octanol–water partition coefficient (Wildman–Crippen LogP) is 0.903. The van der Waals surface area contributed by atoms with Crippen molar-refractivity contribution in [1.82, 2.24) is 4.72 Å². The molecule has 15 heavy (non-hydrogen) atoms. The maximum Gasteiger partial charge on any atom is 0.225 e. The zero-order valence-electron chi connectivity index (χ0n) is 8.57. The fourth-order valence-corrected chi connectivity index (χ4v) is 1.77. The Bertz CT molecular complexity index is 337. The summed E-state index contributed by atoms with van der Waals surface area (Å²) < 4.78 is 24.3. The molecular weight excluding hydrogens is 214 g/mol. The lowest BCUT2D eigenvalue weighted by Crippen LogP contribution is -2.26. The highest BCUT2D eigenvalue weighted by Crippen LogP contribution is 2.01. The molecule has 0 radical (unpaired) electrons. The Morgan fingerprint density at radius 3 is 2.27 bits per heavy atom. The first kappa shape index (κ1) is 13.9. The van der Waals surface area contributed by atoms with Crippen molar-refractivity contribution >= 4 is 10.0 Å². The second-order valence-corrected chi connectivity index (χ2v) is 4.94. The monoisotopic (exact) mass is 229 g/mol. The minimum Gasteiger partial charge on any atom is -0.214 e. The van der Waals surface area contributed by atoms with Crippen LogP contribution >= 0.6 is 0 Å². The molecule has 0 aliphatic carbocycles. The lowest BCUT2D eigenvalue weighted by atomic mass is 10.1. The van der Waals surface area contributed by atoms with Crippen LogP contribution in [0.4, 0.5) is 0 Å². The van der Waals surface area contributed by atoms with Gasteiger partial charge in [-0.3, -0.25) is 0 Å². The van der Waals surface area contributed by atoms with Crippen LogP contribution in [-0.2, 0) is 10.0 Å². The van der Waals surface area contributed by atoms with E-state index in [4.69, 9.17) is 10.5 Å². The highest BCUT2D eigenvalue weighted by molar-refractivity contribution is 7.89. The van der Waals surface area contributed by atoms with E-state index in [0.29, 0.717) is 13.0 Å². The van der Waals surface area contributed by atoms with Crippen molar-refractivity contribution < 1.29 is 8.42 Å². The highest BCUT2D eigenvalue weighted by Gasteiger charge is 2.06. The topological polar surface area (TPSA) is 93.8 Å². The summed E-state index contributed by atoms with van der Waals surface area (Å²) in [5.41, 5.74) is 0. The molecule has 0 saturated carbocycles. The molecule has 84 valence electrons. The molecule has 0 unspecified atom stereocenters. The second-order valence-electron chi connectivity index (χ2n) is 3.13. The molecule has 0 aromatic heterocycles. The first-order valence-electron chi connectivity index (χ1n) is 4.83. The summed E-state index contributed by atoms with van der Waals surface area (Å²) in [6, 6.07) is 3.64. The summed E-state index contributed by atoms with van der Waals surface area (Å²) in [5, 5.41) is 16.5. The van der Waals surface area contributed by atoms with Crippen molar-refractivity contribution in [3.05, 3.63) is 0 Å². The van der Waals surface area contributed by atoms with Crippen LogP contribution in [0.2, 0.25) is 0 Å². The molecule has 0 rings (SSSR count). The third kappa shape index (κ3) is 9.20. The normalized spacial score (nSPS) is 10.5. The number of nitriles is 2. The van der Waals surface area contributed by atoms with E-state index in [1.807, 2.05) is 0 Å². The van der Waals surface area contributed by atoms with Gasteiger partial charge in [0.15, 0.2) is 5.75 Å². The van der Waals surface area contributed by atoms with Gasteiger partial charge in [0.2, 0.25) is 10.0 Å². The van der Waals surface area contributed by atoms with Crippen molar-refractivity contribution in [1.29, 1.82) is 10.5 Å². The average molecular weight is 229 g/mol. The maximum absolute atomic E-state index is 11.0. The number of rotatable bonds is 8. The molecule has 6 heteroatoms. The number of nitrogens with zero attached hydrogens (tertiary/aromatic N) is 2. The van der Waals surface area contributed by atoms with E-state index in [-0.39, 0.29) is 0 Å². The zero-order chi connectivity index (χ0) is 11.6. The number of nitrogens with one attached hydrogen (secondary N) is 1. The third-order valence-electron chi connectivity index (χ3n) is 1.79. The largest absolute Gasteiger partial charge is 0.225 e. The fourth-order valence-electron chi connectivity index (χ4n) is 1.05. The smallest absolute Gasteiger partial charge is 0.214 e. The molecule has 0 fully saturated rings. The van der Waals surface area contributed by atoms with Crippen LogP contribution < -0.4 is 4.72 Å². The molecule has 1 N–H and O–H groups in total. The van der Waals surface area contributed by atoms with Gasteiger partial charge in [0, 0.05) is 13.0 Å². The van der Waals surface area contributed by atoms with Crippen LogP contribution in [0.1, 0.15) is 32.1 Å². The van der Waals surface area contributed by atoms with Gasteiger partial charge in [-0.1, -0.05) is 12.8 Å². The van der Waals surface area contributed by atoms with Gasteiger partial charge in [0.25, 0.3) is 0 Å². The van der Waals surface area contributed by atoms with E-state index in [2.05, 4.69) is 10.8 Å². The summed E-state index contributed by atoms with van der Waals surface area (Å²) in [4.78, 5) is 0. The number of sulfonamides is 1. The van der Waals surface area contributed by atoms with Crippen molar-refractivity contribution in [3.63, 3.8) is 0 Å². The summed E-state index contributed by atoms with van der Waals surface area (Å²) in [6.07, 6.45) is 4.00. The van der Waals surface area contributed by atoms with E-state index in [1.165, 1.54) is 0 Å². The maximum atomic E-state index is 11.0. The Labute approximate surface area is 90.8 Å².